The van der Waals surface area contributed by atoms with Crippen LogP contribution in [0.5, 0.6) is 0 Å². The summed E-state index contributed by atoms with van der Waals surface area (Å²) >= 11 is 11.8. The Hall–Kier alpha value is -1.73. The van der Waals surface area contributed by atoms with Crippen LogP contribution in [0.15, 0.2) is 24.3 Å². The van der Waals surface area contributed by atoms with Crippen molar-refractivity contribution in [2.24, 2.45) is 0 Å². The van der Waals surface area contributed by atoms with Gasteiger partial charge in [-0.2, -0.15) is 18.2 Å². The van der Waals surface area contributed by atoms with Gasteiger partial charge in [-0.3, -0.25) is 0 Å². The number of nitrogens with zero attached hydrogens (tertiary/aromatic N) is 2. The van der Waals surface area contributed by atoms with Gasteiger partial charge in [0.05, 0.1) is 10.7 Å². The first-order chi connectivity index (χ1) is 10.8. The molecule has 0 unspecified atom stereocenters. The zero-order valence-electron chi connectivity index (χ0n) is 11.6. The first-order valence-corrected chi connectivity index (χ1v) is 7.52. The van der Waals surface area contributed by atoms with Crippen molar-refractivity contribution in [3.05, 3.63) is 40.0 Å². The van der Waals surface area contributed by atoms with E-state index in [4.69, 9.17) is 23.2 Å². The van der Waals surface area contributed by atoms with Crippen LogP contribution in [0.4, 0.5) is 30.6 Å². The maximum absolute atomic E-state index is 13.0. The van der Waals surface area contributed by atoms with Gasteiger partial charge in [0.15, 0.2) is 5.69 Å². The molecule has 2 aromatic rings. The number of aromatic nitrogens is 2. The van der Waals surface area contributed by atoms with Crippen LogP contribution in [-0.2, 0) is 6.18 Å². The lowest BCUT2D eigenvalue weighted by Gasteiger charge is -2.13. The Labute approximate surface area is 140 Å². The topological polar surface area (TPSA) is 49.8 Å². The fourth-order valence-electron chi connectivity index (χ4n) is 1.86. The minimum Gasteiger partial charge on any atom is -0.351 e. The molecule has 1 aromatic heterocycles. The highest BCUT2D eigenvalue weighted by Gasteiger charge is 2.34. The van der Waals surface area contributed by atoms with Crippen LogP contribution in [0, 0.1) is 0 Å². The van der Waals surface area contributed by atoms with E-state index in [1.54, 1.807) is 12.1 Å². The molecule has 4 nitrogen and oxygen atoms in total. The van der Waals surface area contributed by atoms with E-state index < -0.39 is 11.9 Å². The summed E-state index contributed by atoms with van der Waals surface area (Å²) in [5.41, 5.74) is -0.622. The molecular weight excluding hydrogens is 352 g/mol. The molecule has 9 heteroatoms. The van der Waals surface area contributed by atoms with E-state index in [1.165, 1.54) is 6.07 Å². The highest BCUT2D eigenvalue weighted by molar-refractivity contribution is 6.36. The van der Waals surface area contributed by atoms with Crippen molar-refractivity contribution in [3.8, 4) is 0 Å². The lowest BCUT2D eigenvalue weighted by Crippen LogP contribution is -2.14. The lowest BCUT2D eigenvalue weighted by molar-refractivity contribution is -0.141. The molecule has 1 aromatic carbocycles. The standard InChI is InChI=1S/C14H11Cl2F3N4/c15-7-1-4-10(9(16)5-7)21-12-6-11(14(17,18)19)22-13(23-12)20-8-2-3-8/h1,4-6,8H,2-3H2,(H2,20,21,22,23). The Kier molecular flexibility index (Phi) is 4.25. The van der Waals surface area contributed by atoms with Crippen LogP contribution >= 0.6 is 23.2 Å². The Bertz CT molecular complexity index is 732. The molecule has 3 rings (SSSR count). The molecule has 0 radical (unpaired) electrons. The van der Waals surface area contributed by atoms with Crippen LogP contribution in [0.25, 0.3) is 0 Å². The zero-order valence-corrected chi connectivity index (χ0v) is 13.1. The van der Waals surface area contributed by atoms with Crippen molar-refractivity contribution < 1.29 is 13.2 Å². The number of nitrogens with one attached hydrogen (secondary N) is 2. The molecule has 1 fully saturated rings. The monoisotopic (exact) mass is 362 g/mol. The number of halogens is 5. The second-order valence-corrected chi connectivity index (χ2v) is 5.97. The van der Waals surface area contributed by atoms with Crippen molar-refractivity contribution in [2.45, 2.75) is 25.1 Å². The summed E-state index contributed by atoms with van der Waals surface area (Å²) in [5.74, 6) is -0.0605. The van der Waals surface area contributed by atoms with Crippen LogP contribution in [0.1, 0.15) is 18.5 Å². The zero-order chi connectivity index (χ0) is 16.6. The predicted octanol–water partition coefficient (Wildman–Crippen LogP) is 5.12. The Morgan fingerprint density at radius 2 is 1.83 bits per heavy atom. The highest BCUT2D eigenvalue weighted by Crippen LogP contribution is 2.33. The summed E-state index contributed by atoms with van der Waals surface area (Å²) in [6, 6.07) is 5.59. The van der Waals surface area contributed by atoms with Gasteiger partial charge in [-0.15, -0.1) is 0 Å². The first kappa shape index (κ1) is 16.1. The molecule has 0 atom stereocenters. The van der Waals surface area contributed by atoms with Gasteiger partial charge in [0.2, 0.25) is 5.95 Å². The molecule has 0 aliphatic heterocycles. The SMILES string of the molecule is FC(F)(F)c1cc(Nc2ccc(Cl)cc2Cl)nc(NC2CC2)n1. The van der Waals surface area contributed by atoms with E-state index in [2.05, 4.69) is 20.6 Å². The number of hydrogen-bond donors (Lipinski definition) is 2. The second-order valence-electron chi connectivity index (χ2n) is 5.13. The maximum Gasteiger partial charge on any atom is 0.433 e. The predicted molar refractivity (Wildman–Crippen MR) is 83.4 cm³/mol. The fraction of sp³-hybridized carbons (Fsp3) is 0.286. The Balaban J connectivity index is 1.93. The molecule has 0 saturated heterocycles. The van der Waals surface area contributed by atoms with Crippen molar-refractivity contribution >= 4 is 40.7 Å². The Morgan fingerprint density at radius 1 is 1.09 bits per heavy atom. The maximum atomic E-state index is 13.0. The van der Waals surface area contributed by atoms with Crippen LogP contribution in [-0.4, -0.2) is 16.0 Å². The average molecular weight is 363 g/mol. The minimum absolute atomic E-state index is 0.000280. The van der Waals surface area contributed by atoms with Gasteiger partial charge in [-0.25, -0.2) is 4.98 Å². The molecule has 1 aliphatic carbocycles. The van der Waals surface area contributed by atoms with Crippen molar-refractivity contribution in [1.82, 2.24) is 9.97 Å². The van der Waals surface area contributed by atoms with Crippen molar-refractivity contribution in [1.29, 1.82) is 0 Å². The van der Waals surface area contributed by atoms with Crippen LogP contribution in [0.2, 0.25) is 10.0 Å². The quantitative estimate of drug-likeness (QED) is 0.792. The van der Waals surface area contributed by atoms with E-state index in [-0.39, 0.29) is 22.8 Å². The third kappa shape index (κ3) is 4.17. The number of anilines is 3. The molecule has 0 amide bonds. The normalized spacial score (nSPS) is 14.7. The van der Waals surface area contributed by atoms with Crippen LogP contribution < -0.4 is 10.6 Å². The average Bonchev–Trinajstić information content (AvgIpc) is 3.25. The molecule has 1 saturated carbocycles. The number of rotatable bonds is 4. The molecule has 122 valence electrons. The van der Waals surface area contributed by atoms with E-state index in [0.717, 1.165) is 18.9 Å². The lowest BCUT2D eigenvalue weighted by atomic mass is 10.3. The van der Waals surface area contributed by atoms with Gasteiger partial charge < -0.3 is 10.6 Å². The number of alkyl halides is 3. The van der Waals surface area contributed by atoms with Crippen molar-refractivity contribution in [2.75, 3.05) is 10.6 Å². The van der Waals surface area contributed by atoms with Gasteiger partial charge in [-0.1, -0.05) is 23.2 Å². The summed E-state index contributed by atoms with van der Waals surface area (Å²) in [6.45, 7) is 0. The third-order valence-corrected chi connectivity index (χ3v) is 3.67. The van der Waals surface area contributed by atoms with E-state index in [9.17, 15) is 13.2 Å². The summed E-state index contributed by atoms with van der Waals surface area (Å²) in [6.07, 6.45) is -2.78. The molecule has 1 aliphatic rings. The number of benzene rings is 1. The van der Waals surface area contributed by atoms with Gasteiger partial charge in [0.1, 0.15) is 5.82 Å². The molecule has 0 bridgehead atoms. The first-order valence-electron chi connectivity index (χ1n) is 6.76. The van der Waals surface area contributed by atoms with E-state index in [0.29, 0.717) is 10.7 Å². The summed E-state index contributed by atoms with van der Waals surface area (Å²) in [5, 5.41) is 6.33. The second kappa shape index (κ2) is 6.05. The summed E-state index contributed by atoms with van der Waals surface area (Å²) in [4.78, 5) is 7.58. The van der Waals surface area contributed by atoms with Crippen LogP contribution in [0.3, 0.4) is 0 Å². The summed E-state index contributed by atoms with van der Waals surface area (Å²) in [7, 11) is 0. The van der Waals surface area contributed by atoms with Gasteiger partial charge >= 0.3 is 6.18 Å². The molecule has 23 heavy (non-hydrogen) atoms. The third-order valence-electron chi connectivity index (χ3n) is 3.12. The largest absolute Gasteiger partial charge is 0.433 e. The molecule has 1 heterocycles. The van der Waals surface area contributed by atoms with Gasteiger partial charge in [0, 0.05) is 17.1 Å². The van der Waals surface area contributed by atoms with Gasteiger partial charge in [-0.05, 0) is 31.0 Å². The van der Waals surface area contributed by atoms with E-state index in [1.807, 2.05) is 0 Å². The van der Waals surface area contributed by atoms with E-state index >= 15 is 0 Å². The molecular formula is C14H11Cl2F3N4. The molecule has 2 N–H and O–H groups in total. The minimum atomic E-state index is -4.57. The summed E-state index contributed by atoms with van der Waals surface area (Å²) < 4.78 is 38.9. The van der Waals surface area contributed by atoms with Gasteiger partial charge in [0.25, 0.3) is 0 Å². The molecule has 0 spiro atoms. The smallest absolute Gasteiger partial charge is 0.351 e. The number of hydrogen-bond acceptors (Lipinski definition) is 4. The van der Waals surface area contributed by atoms with Crippen molar-refractivity contribution in [3.63, 3.8) is 0 Å². The Morgan fingerprint density at radius 3 is 2.43 bits per heavy atom. The highest BCUT2D eigenvalue weighted by atomic mass is 35.5. The fourth-order valence-corrected chi connectivity index (χ4v) is 2.32.